The van der Waals surface area contributed by atoms with Crippen LogP contribution in [0.25, 0.3) is 5.65 Å². The van der Waals surface area contributed by atoms with E-state index in [0.29, 0.717) is 62.2 Å². The summed E-state index contributed by atoms with van der Waals surface area (Å²) in [5, 5.41) is 16.5. The smallest absolute Gasteiger partial charge is 0.285 e. The zero-order valence-corrected chi connectivity index (χ0v) is 34.4. The Labute approximate surface area is 359 Å². The van der Waals surface area contributed by atoms with Crippen molar-refractivity contribution in [2.45, 2.75) is 69.3 Å². The molecule has 18 nitrogen and oxygen atoms in total. The van der Waals surface area contributed by atoms with E-state index in [1.54, 1.807) is 36.5 Å². The number of ether oxygens (including phenoxy) is 2. The topological polar surface area (TPSA) is 195 Å². The van der Waals surface area contributed by atoms with Gasteiger partial charge in [0.25, 0.3) is 24.1 Å². The molecule has 2 aromatic heterocycles. The molecule has 4 aromatic rings. The van der Waals surface area contributed by atoms with E-state index in [2.05, 4.69) is 36.0 Å². The number of benzene rings is 2. The van der Waals surface area contributed by atoms with E-state index >= 15 is 0 Å². The number of rotatable bonds is 17. The second-order valence-electron chi connectivity index (χ2n) is 16.2. The van der Waals surface area contributed by atoms with Crippen molar-refractivity contribution in [2.24, 2.45) is 5.10 Å². The summed E-state index contributed by atoms with van der Waals surface area (Å²) < 4.78 is 42.8. The fourth-order valence-corrected chi connectivity index (χ4v) is 8.69. The van der Waals surface area contributed by atoms with Gasteiger partial charge in [0, 0.05) is 74.9 Å². The number of carbonyl (C=O) groups excluding carboxylic acids is 5. The highest BCUT2D eigenvalue weighted by Gasteiger charge is 2.46. The average molecular weight is 867 g/mol. The van der Waals surface area contributed by atoms with Crippen LogP contribution < -0.4 is 20.9 Å². The van der Waals surface area contributed by atoms with Crippen molar-refractivity contribution in [3.63, 3.8) is 0 Å². The molecule has 0 saturated carbocycles. The van der Waals surface area contributed by atoms with Crippen molar-refractivity contribution in [2.75, 3.05) is 56.7 Å². The molecule has 2 aromatic carbocycles. The number of fused-ring (bicyclic) bond motifs is 4. The molecule has 9 rings (SSSR count). The van der Waals surface area contributed by atoms with Gasteiger partial charge in [-0.2, -0.15) is 5.10 Å². The second-order valence-corrected chi connectivity index (χ2v) is 16.2. The molecule has 20 heteroatoms. The van der Waals surface area contributed by atoms with Crippen LogP contribution in [0.2, 0.25) is 0 Å². The van der Waals surface area contributed by atoms with E-state index < -0.39 is 53.8 Å². The number of carbonyl (C=O) groups is 5. The van der Waals surface area contributed by atoms with Crippen LogP contribution in [0.5, 0.6) is 0 Å². The van der Waals surface area contributed by atoms with E-state index in [1.165, 1.54) is 21.6 Å². The van der Waals surface area contributed by atoms with Gasteiger partial charge in [-0.05, 0) is 56.5 Å². The summed E-state index contributed by atoms with van der Waals surface area (Å²) in [5.74, 6) is -2.07. The quantitative estimate of drug-likeness (QED) is 0.0800. The Morgan fingerprint density at radius 1 is 1.08 bits per heavy atom. The number of piperidine rings is 1. The molecule has 2 unspecified atom stereocenters. The Balaban J connectivity index is 0.712. The van der Waals surface area contributed by atoms with Crippen LogP contribution in [0.4, 0.5) is 26.0 Å². The molecule has 5 aliphatic rings. The zero-order chi connectivity index (χ0) is 43.8. The maximum absolute atomic E-state index is 14.2. The second kappa shape index (κ2) is 17.7. The molecule has 2 bridgehead atoms. The highest BCUT2D eigenvalue weighted by molar-refractivity contribution is 6.25. The third-order valence-electron chi connectivity index (χ3n) is 11.9. The van der Waals surface area contributed by atoms with Gasteiger partial charge in [0.05, 0.1) is 36.1 Å². The van der Waals surface area contributed by atoms with Crippen LogP contribution in [0.1, 0.15) is 68.7 Å². The van der Waals surface area contributed by atoms with Gasteiger partial charge in [-0.25, -0.2) is 18.3 Å². The first kappa shape index (κ1) is 41.8. The Morgan fingerprint density at radius 3 is 2.67 bits per heavy atom. The van der Waals surface area contributed by atoms with Gasteiger partial charge in [0.15, 0.2) is 17.4 Å². The van der Waals surface area contributed by atoms with Crippen LogP contribution in [0, 0.1) is 0 Å². The average Bonchev–Trinajstić information content (AvgIpc) is 4.12. The number of morpholine rings is 1. The monoisotopic (exact) mass is 866 g/mol. The minimum atomic E-state index is -2.90. The lowest BCUT2D eigenvalue weighted by Crippen LogP contribution is -2.54. The number of hydrogen-bond donors (Lipinski definition) is 3. The van der Waals surface area contributed by atoms with Gasteiger partial charge < -0.3 is 29.9 Å². The van der Waals surface area contributed by atoms with E-state index in [0.717, 1.165) is 36.4 Å². The lowest BCUT2D eigenvalue weighted by molar-refractivity contribution is -0.437. The Hall–Kier alpha value is -6.51. The molecule has 4 atom stereocenters. The SMILES string of the molecule is CN(CCCOCCCNc1cccc2c1C(=O)N(C1CCC(=O)NC1=O)C2=O)Cc1ccc([N+]2=CC(NC(=O)c3cnn4ccc(N5C[C@H]6C[C@@H]5CO6)nc34)C(C(F)F)=N2)cc1. The zero-order valence-electron chi connectivity index (χ0n) is 34.4. The maximum atomic E-state index is 14.2. The molecule has 328 valence electrons. The van der Waals surface area contributed by atoms with Gasteiger partial charge in [0.2, 0.25) is 23.7 Å². The highest BCUT2D eigenvalue weighted by atomic mass is 19.3. The number of hydrogen-bond acceptors (Lipinski definition) is 13. The number of nitrogens with zero attached hydrogens (tertiary/aromatic N) is 8. The van der Waals surface area contributed by atoms with E-state index in [1.807, 2.05) is 25.2 Å². The van der Waals surface area contributed by atoms with Gasteiger partial charge in [-0.3, -0.25) is 34.2 Å². The predicted octanol–water partition coefficient (Wildman–Crippen LogP) is 2.60. The molecule has 3 N–H and O–H groups in total. The van der Waals surface area contributed by atoms with E-state index in [9.17, 15) is 32.8 Å². The molecule has 3 saturated heterocycles. The number of hydrazone groups is 1. The van der Waals surface area contributed by atoms with Crippen molar-refractivity contribution >= 4 is 64.3 Å². The van der Waals surface area contributed by atoms with Crippen molar-refractivity contribution in [3.05, 3.63) is 83.2 Å². The lowest BCUT2D eigenvalue weighted by Gasteiger charge is -2.27. The first-order valence-corrected chi connectivity index (χ1v) is 21.0. The Bertz CT molecular complexity index is 2530. The fourth-order valence-electron chi connectivity index (χ4n) is 8.69. The Morgan fingerprint density at radius 2 is 1.90 bits per heavy atom. The van der Waals surface area contributed by atoms with Crippen LogP contribution >= 0.6 is 0 Å². The fraction of sp³-hybridized carbons (Fsp3) is 0.419. The minimum Gasteiger partial charge on any atom is -0.384 e. The number of halogens is 2. The third kappa shape index (κ3) is 8.52. The number of aromatic nitrogens is 3. The van der Waals surface area contributed by atoms with Gasteiger partial charge >= 0.3 is 0 Å². The predicted molar refractivity (Wildman–Crippen MR) is 224 cm³/mol. The largest absolute Gasteiger partial charge is 0.384 e. The summed E-state index contributed by atoms with van der Waals surface area (Å²) in [5.41, 5.74) is 2.54. The molecule has 63 heavy (non-hydrogen) atoms. The van der Waals surface area contributed by atoms with E-state index in [-0.39, 0.29) is 41.7 Å². The van der Waals surface area contributed by atoms with Crippen molar-refractivity contribution in [3.8, 4) is 0 Å². The summed E-state index contributed by atoms with van der Waals surface area (Å²) in [4.78, 5) is 73.8. The summed E-state index contributed by atoms with van der Waals surface area (Å²) in [6, 6.07) is 12.3. The van der Waals surface area contributed by atoms with Crippen molar-refractivity contribution in [1.82, 2.24) is 35.0 Å². The molecule has 3 fully saturated rings. The summed E-state index contributed by atoms with van der Waals surface area (Å²) in [6.07, 6.45) is 4.34. The minimum absolute atomic E-state index is 0.0546. The number of nitrogens with one attached hydrogen (secondary N) is 3. The number of imide groups is 2. The summed E-state index contributed by atoms with van der Waals surface area (Å²) in [7, 11) is 2.00. The number of amides is 5. The third-order valence-corrected chi connectivity index (χ3v) is 11.9. The number of alkyl halides is 2. The molecular formula is C43H46F2N11O7+. The molecule has 5 aliphatic heterocycles. The molecular weight excluding hydrogens is 821 g/mol. The number of anilines is 2. The van der Waals surface area contributed by atoms with Gasteiger partial charge in [-0.1, -0.05) is 22.9 Å². The van der Waals surface area contributed by atoms with Crippen LogP contribution in [0.15, 0.2) is 66.0 Å². The van der Waals surface area contributed by atoms with Crippen molar-refractivity contribution in [1.29, 1.82) is 0 Å². The summed E-state index contributed by atoms with van der Waals surface area (Å²) in [6.45, 7) is 4.26. The van der Waals surface area contributed by atoms with Gasteiger partial charge in [-0.15, -0.1) is 0 Å². The molecule has 0 aliphatic carbocycles. The van der Waals surface area contributed by atoms with E-state index in [4.69, 9.17) is 14.5 Å². The lowest BCUT2D eigenvalue weighted by atomic mass is 10.0. The first-order chi connectivity index (χ1) is 30.5. The van der Waals surface area contributed by atoms with Crippen molar-refractivity contribution < 1.29 is 46.9 Å². The molecule has 0 spiro atoms. The van der Waals surface area contributed by atoms with Crippen LogP contribution in [-0.2, 0) is 25.6 Å². The van der Waals surface area contributed by atoms with Crippen LogP contribution in [-0.4, -0.2) is 148 Å². The highest BCUT2D eigenvalue weighted by Crippen LogP contribution is 2.33. The first-order valence-electron chi connectivity index (χ1n) is 21.0. The Kier molecular flexibility index (Phi) is 11.7. The molecule has 5 amide bonds. The van der Waals surface area contributed by atoms with Gasteiger partial charge in [0.1, 0.15) is 17.4 Å². The van der Waals surface area contributed by atoms with Crippen LogP contribution in [0.3, 0.4) is 0 Å². The normalized spacial score (nSPS) is 21.8. The molecule has 7 heterocycles. The maximum Gasteiger partial charge on any atom is 0.285 e. The molecule has 0 radical (unpaired) electrons. The standard InChI is InChI=1S/C43H45F2N11O7/c1-52(15-4-18-62-17-3-14-46-31-6-2-5-29-36(31)43(61)56(42(29)60)33-11-12-35(57)50-41(33)59)21-25-7-9-26(10-8-25)55-23-32(37(51-55)38(44)45)48-40(58)30-20-47-54-16-13-34(49-39(30)54)53-22-28-19-27(53)24-63-28/h2,5-10,13,16,20,23,27-28,32-33,38H,3-4,11-12,14-15,17-19,21-22,24H2,1H3,(H2-,46,48,50,57,58,59,61)/p+1/t27-,28-,32?,33?/m1/s1. The summed E-state index contributed by atoms with van der Waals surface area (Å²) >= 11 is 0.